The van der Waals surface area contributed by atoms with Gasteiger partial charge in [-0.25, -0.2) is 0 Å². The average Bonchev–Trinajstić information content (AvgIpc) is 4.05. The molecule has 12 aromatic rings. The maximum absolute atomic E-state index is 2.43. The van der Waals surface area contributed by atoms with E-state index >= 15 is 0 Å². The SMILES string of the molecule is CC1(C)c2ccccc2-c2ccc(N(c3ccc(N(c4ccccc4)c4ccccc4)cc3)c3ccc4cc(N(c5ccc(N(c6ccccc6)c6ccccc6)cc5)c5ccc6c(c5)C(C)(C)c5ccccc5-6)ccc4c3)cc21. The molecule has 80 heavy (non-hydrogen) atoms. The fraction of sp³-hybridized carbons (Fsp3) is 0.0789. The lowest BCUT2D eigenvalue weighted by molar-refractivity contribution is 0.660. The zero-order valence-electron chi connectivity index (χ0n) is 45.5. The van der Waals surface area contributed by atoms with Gasteiger partial charge in [-0.1, -0.05) is 173 Å². The van der Waals surface area contributed by atoms with Gasteiger partial charge in [0.1, 0.15) is 0 Å². The molecule has 0 saturated heterocycles. The molecule has 12 aromatic carbocycles. The molecule has 0 radical (unpaired) electrons. The van der Waals surface area contributed by atoms with Crippen LogP contribution in [0.3, 0.4) is 0 Å². The fourth-order valence-corrected chi connectivity index (χ4v) is 12.8. The van der Waals surface area contributed by atoms with Crippen LogP contribution in [-0.2, 0) is 10.8 Å². The third-order valence-corrected chi connectivity index (χ3v) is 16.8. The number of para-hydroxylation sites is 4. The predicted octanol–water partition coefficient (Wildman–Crippen LogP) is 21.3. The Hall–Kier alpha value is -9.90. The van der Waals surface area contributed by atoms with Crippen LogP contribution in [0.25, 0.3) is 33.0 Å². The molecule has 0 spiro atoms. The first-order valence-electron chi connectivity index (χ1n) is 27.8. The van der Waals surface area contributed by atoms with Crippen molar-refractivity contribution in [2.45, 2.75) is 38.5 Å². The van der Waals surface area contributed by atoms with Crippen molar-refractivity contribution >= 4 is 79.0 Å². The molecule has 0 aliphatic heterocycles. The zero-order chi connectivity index (χ0) is 54.0. The van der Waals surface area contributed by atoms with Crippen molar-refractivity contribution in [2.75, 3.05) is 19.6 Å². The highest BCUT2D eigenvalue weighted by Crippen LogP contribution is 2.53. The third kappa shape index (κ3) is 8.31. The van der Waals surface area contributed by atoms with Gasteiger partial charge in [0.25, 0.3) is 0 Å². The van der Waals surface area contributed by atoms with Crippen molar-refractivity contribution in [1.29, 1.82) is 0 Å². The van der Waals surface area contributed by atoms with Gasteiger partial charge in [0.05, 0.1) is 0 Å². The number of fused-ring (bicyclic) bond motifs is 7. The maximum atomic E-state index is 2.43. The summed E-state index contributed by atoms with van der Waals surface area (Å²) in [7, 11) is 0. The summed E-state index contributed by atoms with van der Waals surface area (Å²) in [5, 5.41) is 2.31. The Kier molecular flexibility index (Phi) is 11.8. The quantitative estimate of drug-likeness (QED) is 0.121. The van der Waals surface area contributed by atoms with Crippen LogP contribution in [0.15, 0.2) is 291 Å². The highest BCUT2D eigenvalue weighted by atomic mass is 15.2. The first-order chi connectivity index (χ1) is 39.2. The van der Waals surface area contributed by atoms with E-state index in [1.54, 1.807) is 0 Å². The molecule has 0 aromatic heterocycles. The lowest BCUT2D eigenvalue weighted by atomic mass is 9.82. The number of nitrogens with zero attached hydrogens (tertiary/aromatic N) is 4. The van der Waals surface area contributed by atoms with Crippen LogP contribution in [0.5, 0.6) is 0 Å². The van der Waals surface area contributed by atoms with Gasteiger partial charge < -0.3 is 19.6 Å². The molecule has 4 heteroatoms. The second kappa shape index (κ2) is 19.5. The van der Waals surface area contributed by atoms with Crippen LogP contribution in [0.2, 0.25) is 0 Å². The molecule has 14 rings (SSSR count). The third-order valence-electron chi connectivity index (χ3n) is 16.8. The summed E-state index contributed by atoms with van der Waals surface area (Å²) in [6.45, 7) is 9.45. The van der Waals surface area contributed by atoms with Crippen molar-refractivity contribution in [1.82, 2.24) is 0 Å². The highest BCUT2D eigenvalue weighted by Gasteiger charge is 2.37. The number of hydrogen-bond donors (Lipinski definition) is 0. The zero-order valence-corrected chi connectivity index (χ0v) is 45.5. The summed E-state index contributed by atoms with van der Waals surface area (Å²) in [6, 6.07) is 106. The topological polar surface area (TPSA) is 13.0 Å². The molecule has 0 heterocycles. The summed E-state index contributed by atoms with van der Waals surface area (Å²) in [6.07, 6.45) is 0. The number of hydrogen-bond acceptors (Lipinski definition) is 4. The molecule has 0 atom stereocenters. The van der Waals surface area contributed by atoms with Crippen LogP contribution < -0.4 is 19.6 Å². The lowest BCUT2D eigenvalue weighted by Gasteiger charge is -2.30. The van der Waals surface area contributed by atoms with Crippen LogP contribution >= 0.6 is 0 Å². The van der Waals surface area contributed by atoms with Crippen molar-refractivity contribution in [2.24, 2.45) is 0 Å². The lowest BCUT2D eigenvalue weighted by Crippen LogP contribution is -2.17. The maximum Gasteiger partial charge on any atom is 0.0468 e. The second-order valence-corrected chi connectivity index (χ2v) is 22.2. The molecule has 4 nitrogen and oxygen atoms in total. The van der Waals surface area contributed by atoms with Crippen molar-refractivity contribution in [3.05, 3.63) is 313 Å². The van der Waals surface area contributed by atoms with Gasteiger partial charge in [0, 0.05) is 79.1 Å². The van der Waals surface area contributed by atoms with Crippen LogP contribution in [0.4, 0.5) is 68.2 Å². The minimum atomic E-state index is -0.156. The second-order valence-electron chi connectivity index (χ2n) is 22.2. The van der Waals surface area contributed by atoms with Gasteiger partial charge in [-0.3, -0.25) is 0 Å². The van der Waals surface area contributed by atoms with E-state index in [2.05, 4.69) is 338 Å². The minimum Gasteiger partial charge on any atom is -0.311 e. The fourth-order valence-electron chi connectivity index (χ4n) is 12.8. The molecule has 0 amide bonds. The monoisotopic (exact) mass is 1030 g/mol. The Morgan fingerprint density at radius 3 is 0.738 bits per heavy atom. The van der Waals surface area contributed by atoms with E-state index < -0.39 is 0 Å². The van der Waals surface area contributed by atoms with Gasteiger partial charge in [-0.15, -0.1) is 0 Å². The van der Waals surface area contributed by atoms with Crippen LogP contribution in [0, 0.1) is 0 Å². The Bertz CT molecular complexity index is 3870. The summed E-state index contributed by atoms with van der Waals surface area (Å²) in [4.78, 5) is 9.50. The molecular formula is C76H60N4. The minimum absolute atomic E-state index is 0.156. The summed E-state index contributed by atoms with van der Waals surface area (Å²) in [5.41, 5.74) is 23.5. The Morgan fingerprint density at radius 2 is 0.412 bits per heavy atom. The van der Waals surface area contributed by atoms with E-state index in [0.717, 1.165) is 79.0 Å². The molecule has 0 fully saturated rings. The van der Waals surface area contributed by atoms with Crippen molar-refractivity contribution < 1.29 is 0 Å². The number of benzene rings is 12. The predicted molar refractivity (Wildman–Crippen MR) is 338 cm³/mol. The van der Waals surface area contributed by atoms with E-state index in [1.165, 1.54) is 44.5 Å². The number of anilines is 12. The molecule has 2 aliphatic rings. The summed E-state index contributed by atoms with van der Waals surface area (Å²) in [5.74, 6) is 0. The standard InChI is InChI=1S/C76H60N4/c1-75(2)71-31-19-17-29-67(71)69-47-45-65(51-73(69)75)79(61-41-37-59(38-42-61)77(55-21-9-5-10-22-55)56-23-11-6-12-24-56)63-35-33-54-50-64(36-34-53(54)49-63)80(66-46-48-70-68-30-18-20-32-72(68)76(3,4)74(70)52-66)62-43-39-60(40-44-62)78(57-25-13-7-14-26-57)58-27-15-8-16-28-58/h5-52H,1-4H3. The number of rotatable bonds is 12. The Labute approximate surface area is 470 Å². The van der Waals surface area contributed by atoms with E-state index in [0.29, 0.717) is 0 Å². The molecule has 384 valence electrons. The largest absolute Gasteiger partial charge is 0.311 e. The van der Waals surface area contributed by atoms with E-state index in [9.17, 15) is 0 Å². The van der Waals surface area contributed by atoms with Gasteiger partial charge >= 0.3 is 0 Å². The first kappa shape index (κ1) is 48.5. The van der Waals surface area contributed by atoms with Crippen LogP contribution in [-0.4, -0.2) is 0 Å². The van der Waals surface area contributed by atoms with E-state index in [4.69, 9.17) is 0 Å². The smallest absolute Gasteiger partial charge is 0.0468 e. The Balaban J connectivity index is 0.882. The molecule has 0 N–H and O–H groups in total. The average molecular weight is 1030 g/mol. The molecule has 0 bridgehead atoms. The van der Waals surface area contributed by atoms with Gasteiger partial charge in [0.15, 0.2) is 0 Å². The van der Waals surface area contributed by atoms with Crippen molar-refractivity contribution in [3.8, 4) is 22.3 Å². The Morgan fingerprint density at radius 1 is 0.188 bits per heavy atom. The van der Waals surface area contributed by atoms with E-state index in [1.807, 2.05) is 0 Å². The molecule has 0 saturated carbocycles. The highest BCUT2D eigenvalue weighted by molar-refractivity contribution is 5.95. The molecule has 2 aliphatic carbocycles. The van der Waals surface area contributed by atoms with Gasteiger partial charge in [-0.2, -0.15) is 0 Å². The molecular weight excluding hydrogens is 969 g/mol. The molecule has 0 unspecified atom stereocenters. The van der Waals surface area contributed by atoms with Crippen LogP contribution in [0.1, 0.15) is 49.9 Å². The van der Waals surface area contributed by atoms with Crippen molar-refractivity contribution in [3.63, 3.8) is 0 Å². The van der Waals surface area contributed by atoms with Gasteiger partial charge in [-0.05, 0) is 201 Å². The van der Waals surface area contributed by atoms with E-state index in [-0.39, 0.29) is 10.8 Å². The van der Waals surface area contributed by atoms with Gasteiger partial charge in [0.2, 0.25) is 0 Å². The summed E-state index contributed by atoms with van der Waals surface area (Å²) >= 11 is 0. The normalized spacial score (nSPS) is 13.2. The first-order valence-corrected chi connectivity index (χ1v) is 27.8. The summed E-state index contributed by atoms with van der Waals surface area (Å²) < 4.78 is 0.